The number of nitrogens with zero attached hydrogens (tertiary/aromatic N) is 6. The van der Waals surface area contributed by atoms with Gasteiger partial charge in [0, 0.05) is 116 Å². The van der Waals surface area contributed by atoms with E-state index in [4.69, 9.17) is 0 Å². The van der Waals surface area contributed by atoms with Gasteiger partial charge < -0.3 is 56.1 Å². The van der Waals surface area contributed by atoms with E-state index < -0.39 is 58.5 Å². The van der Waals surface area contributed by atoms with Crippen molar-refractivity contribution in [2.24, 2.45) is 0 Å². The topological polar surface area (TPSA) is 336 Å². The fraction of sp³-hybridized carbons (Fsp3) is 0.511. The largest absolute Gasteiger partial charge is 0.480 e. The van der Waals surface area contributed by atoms with Crippen LogP contribution in [0.15, 0.2) is 58.6 Å². The number of H-pyrrole nitrogens is 1. The monoisotopic (exact) mass is 999 g/mol. The number of imidazole rings is 1. The van der Waals surface area contributed by atoms with Crippen molar-refractivity contribution in [3.05, 3.63) is 87.0 Å². The number of amides is 2. The molecule has 0 spiro atoms. The molecule has 4 aromatic rings. The van der Waals surface area contributed by atoms with Gasteiger partial charge in [0.2, 0.25) is 21.4 Å². The number of hydrogen-bond donors (Lipinski definition) is 11. The van der Waals surface area contributed by atoms with Gasteiger partial charge in [0.1, 0.15) is 11.6 Å². The van der Waals surface area contributed by atoms with Gasteiger partial charge in [-0.1, -0.05) is 23.8 Å². The first-order valence-electron chi connectivity index (χ1n) is 22.8. The Morgan fingerprint density at radius 2 is 1.39 bits per heavy atom. The molecule has 1 aliphatic heterocycles. The van der Waals surface area contributed by atoms with E-state index in [0.717, 1.165) is 11.1 Å². The van der Waals surface area contributed by atoms with Crippen LogP contribution >= 0.6 is 0 Å². The smallest absolute Gasteiger partial charge is 0.323 e. The van der Waals surface area contributed by atoms with Crippen molar-refractivity contribution in [1.82, 2.24) is 49.5 Å². The summed E-state index contributed by atoms with van der Waals surface area (Å²) in [7, 11) is -4.36. The van der Waals surface area contributed by atoms with Crippen molar-refractivity contribution in [3.63, 3.8) is 0 Å². The van der Waals surface area contributed by atoms with Gasteiger partial charge in [0.05, 0.1) is 23.5 Å². The number of carboxylic acids is 2. The van der Waals surface area contributed by atoms with Crippen LogP contribution in [0, 0.1) is 20.8 Å². The minimum Gasteiger partial charge on any atom is -0.480 e. The Morgan fingerprint density at radius 1 is 0.800 bits per heavy atom. The van der Waals surface area contributed by atoms with Crippen LogP contribution in [0.3, 0.4) is 0 Å². The number of aliphatic carboxylic acids is 2. The van der Waals surface area contributed by atoms with Crippen LogP contribution in [0.1, 0.15) is 39.0 Å². The van der Waals surface area contributed by atoms with Crippen LogP contribution in [0.4, 0.5) is 5.95 Å². The zero-order valence-electron chi connectivity index (χ0n) is 39.5. The summed E-state index contributed by atoms with van der Waals surface area (Å²) in [5.74, 6) is -3.37. The van der Waals surface area contributed by atoms with Crippen molar-refractivity contribution < 1.29 is 58.2 Å². The molecule has 1 aliphatic rings. The number of carbonyl (C=O) groups is 4. The van der Waals surface area contributed by atoms with Crippen molar-refractivity contribution in [3.8, 4) is 0 Å². The lowest BCUT2D eigenvalue weighted by molar-refractivity contribution is -0.139. The second-order valence-corrected chi connectivity index (χ2v) is 19.0. The predicted octanol–water partition coefficient (Wildman–Crippen LogP) is -2.14. The first-order chi connectivity index (χ1) is 33.2. The van der Waals surface area contributed by atoms with Crippen LogP contribution in [-0.4, -0.2) is 207 Å². The molecule has 0 saturated carbocycles. The number of nitrogens with one attached hydrogen (secondary N) is 5. The third kappa shape index (κ3) is 16.6. The molecule has 11 N–H and O–H groups in total. The summed E-state index contributed by atoms with van der Waals surface area (Å²) >= 11 is 0. The summed E-state index contributed by atoms with van der Waals surface area (Å²) in [6.45, 7) is 6.86. The minimum atomic E-state index is -4.36. The maximum absolute atomic E-state index is 13.9. The molecule has 25 heteroatoms. The number of pyridine rings is 1. The third-order valence-corrected chi connectivity index (χ3v) is 13.5. The molecule has 2 aromatic carbocycles. The van der Waals surface area contributed by atoms with Crippen LogP contribution in [0.2, 0.25) is 0 Å². The Morgan fingerprint density at radius 3 is 1.93 bits per heavy atom. The molecule has 1 saturated heterocycles. The highest BCUT2D eigenvalue weighted by Crippen LogP contribution is 2.22. The Hall–Kier alpha value is -5.87. The van der Waals surface area contributed by atoms with Gasteiger partial charge in [-0.2, -0.15) is 4.72 Å². The summed E-state index contributed by atoms with van der Waals surface area (Å²) in [4.78, 5) is 79.3. The number of anilines is 1. The fourth-order valence-electron chi connectivity index (χ4n) is 8.40. The van der Waals surface area contributed by atoms with E-state index in [2.05, 4.69) is 30.6 Å². The fourth-order valence-corrected chi connectivity index (χ4v) is 10.0. The Balaban J connectivity index is 1.30. The molecule has 24 nitrogen and oxygen atoms in total. The molecule has 3 heterocycles. The van der Waals surface area contributed by atoms with Gasteiger partial charge in [-0.3, -0.25) is 43.6 Å². The molecule has 0 bridgehead atoms. The van der Waals surface area contributed by atoms with E-state index in [-0.39, 0.29) is 80.7 Å². The number of aromatic nitrogens is 3. The summed E-state index contributed by atoms with van der Waals surface area (Å²) in [6.07, 6.45) is 1.63. The molecule has 70 heavy (non-hydrogen) atoms. The van der Waals surface area contributed by atoms with Gasteiger partial charge in [0.25, 0.3) is 5.91 Å². The summed E-state index contributed by atoms with van der Waals surface area (Å²) in [5.41, 5.74) is 1.89. The Kier molecular flexibility index (Phi) is 20.3. The zero-order chi connectivity index (χ0) is 51.1. The average molecular weight is 1000 g/mol. The lowest BCUT2D eigenvalue weighted by Crippen LogP contribution is -2.50. The van der Waals surface area contributed by atoms with E-state index >= 15 is 0 Å². The lowest BCUT2D eigenvalue weighted by Gasteiger charge is -2.34. The normalized spacial score (nSPS) is 15.7. The standard InChI is InChI=1S/C45H65N11O13S/c1-29-19-30(2)42(31(3)20-29)70(68,69)51-35(44(66)67)23-49-43(65)34-24-56(36-21-32(5-6-33(36)41(34)64)22-50-45-47-8-9-48-45)10-4-7-46-37(57)25-52-11-13-53(26-38(58)59)15-17-55(28-40(62)63)18-16-54(14-12-52)27-39(60)61/h5-6,8-9,19-21,24,35,38,40,51,58-59,62-63H,4,7,10-18,22-23,25-28H2,1-3H3,(H,46,57)(H,49,65)(H,60,61)(H,66,67)(H2,47,48,50)/t35-/m0/s1. The lowest BCUT2D eigenvalue weighted by atomic mass is 10.1. The van der Waals surface area contributed by atoms with Gasteiger partial charge in [-0.25, -0.2) is 13.4 Å². The quantitative estimate of drug-likeness (QED) is 0.0296. The Labute approximate surface area is 405 Å². The van der Waals surface area contributed by atoms with Crippen LogP contribution in [0.5, 0.6) is 0 Å². The van der Waals surface area contributed by atoms with Crippen LogP contribution in [0.25, 0.3) is 10.9 Å². The van der Waals surface area contributed by atoms with Crippen LogP contribution < -0.4 is 26.1 Å². The minimum absolute atomic E-state index is 0.0751. The predicted molar refractivity (Wildman–Crippen MR) is 256 cm³/mol. The highest BCUT2D eigenvalue weighted by molar-refractivity contribution is 7.89. The first-order valence-corrected chi connectivity index (χ1v) is 24.3. The number of aromatic amines is 1. The van der Waals surface area contributed by atoms with Crippen molar-refractivity contribution in [2.75, 3.05) is 96.9 Å². The number of aryl methyl sites for hydroxylation is 4. The summed E-state index contributed by atoms with van der Waals surface area (Å²) < 4.78 is 30.7. The van der Waals surface area contributed by atoms with Gasteiger partial charge in [0.15, 0.2) is 18.5 Å². The van der Waals surface area contributed by atoms with E-state index in [1.807, 2.05) is 4.90 Å². The zero-order valence-corrected chi connectivity index (χ0v) is 40.3. The van der Waals surface area contributed by atoms with Gasteiger partial charge in [-0.05, 0) is 56.0 Å². The second kappa shape index (κ2) is 25.8. The maximum Gasteiger partial charge on any atom is 0.323 e. The number of aliphatic hydroxyl groups is 4. The van der Waals surface area contributed by atoms with E-state index in [0.29, 0.717) is 68.3 Å². The highest BCUT2D eigenvalue weighted by atomic mass is 32.2. The first kappa shape index (κ1) is 55.1. The average Bonchev–Trinajstić information content (AvgIpc) is 3.80. The molecule has 0 unspecified atom stereocenters. The van der Waals surface area contributed by atoms with Crippen molar-refractivity contribution >= 4 is 50.6 Å². The Bertz CT molecular complexity index is 2570. The molecule has 0 radical (unpaired) electrons. The van der Waals surface area contributed by atoms with Crippen molar-refractivity contribution in [2.45, 2.75) is 63.8 Å². The molecular formula is C45H65N11O13S. The number of rotatable bonds is 22. The molecule has 384 valence electrons. The highest BCUT2D eigenvalue weighted by Gasteiger charge is 2.29. The van der Waals surface area contributed by atoms with E-state index in [9.17, 15) is 63.0 Å². The molecule has 2 aromatic heterocycles. The molecule has 1 fully saturated rings. The number of carbonyl (C=O) groups excluding carboxylic acids is 2. The number of sulfonamides is 1. The summed E-state index contributed by atoms with van der Waals surface area (Å²) in [5, 5.41) is 67.0. The molecule has 5 rings (SSSR count). The SMILES string of the molecule is Cc1cc(C)c(S(=O)(=O)N[C@@H](CNC(=O)c2cn(CCCNC(=O)CN3CCN(CC(=O)O)CCN(CC(O)O)CCN(CC(O)O)CC3)c3cc(CNc4ncc[nH]4)ccc3c2=O)C(=O)O)c(C)c1. The second-order valence-electron chi connectivity index (χ2n) is 17.4. The maximum atomic E-state index is 13.9. The number of carboxylic acid groups (broad SMARTS) is 2. The molecular weight excluding hydrogens is 935 g/mol. The van der Waals surface area contributed by atoms with E-state index in [1.54, 1.807) is 82.8 Å². The number of aliphatic hydroxyl groups excluding tert-OH is 2. The number of benzene rings is 2. The van der Waals surface area contributed by atoms with Gasteiger partial charge >= 0.3 is 11.9 Å². The van der Waals surface area contributed by atoms with Crippen molar-refractivity contribution in [1.29, 1.82) is 0 Å². The number of hydrogen-bond acceptors (Lipinski definition) is 17. The molecule has 2 amide bonds. The molecule has 0 aliphatic carbocycles. The molecule has 1 atom stereocenters. The number of β-amino-alcohol motifs (C(OH)–C–C–N with tert-alkyl or cyclic N) is 4. The van der Waals surface area contributed by atoms with Gasteiger partial charge in [-0.15, -0.1) is 0 Å². The van der Waals surface area contributed by atoms with E-state index in [1.165, 1.54) is 6.20 Å². The summed E-state index contributed by atoms with van der Waals surface area (Å²) in [6, 6.07) is 6.57. The van der Waals surface area contributed by atoms with Crippen LogP contribution in [-0.2, 0) is 37.5 Å². The third-order valence-electron chi connectivity index (χ3n) is 11.7. The number of fused-ring (bicyclic) bond motifs is 1.